The molecule has 0 aliphatic carbocycles. The molecule has 1 fully saturated rings. The SMILES string of the molecule is CC(C)N1CCCC(NCc2cccs2)(C(=O)O)CC1. The summed E-state index contributed by atoms with van der Waals surface area (Å²) in [4.78, 5) is 15.4. The van der Waals surface area contributed by atoms with E-state index in [-0.39, 0.29) is 0 Å². The Kier molecular flexibility index (Phi) is 5.18. The van der Waals surface area contributed by atoms with Crippen molar-refractivity contribution < 1.29 is 9.90 Å². The molecule has 4 nitrogen and oxygen atoms in total. The summed E-state index contributed by atoms with van der Waals surface area (Å²) in [5.41, 5.74) is -0.770. The van der Waals surface area contributed by atoms with Crippen molar-refractivity contribution in [2.24, 2.45) is 0 Å². The molecule has 0 aromatic carbocycles. The van der Waals surface area contributed by atoms with E-state index in [9.17, 15) is 9.90 Å². The highest BCUT2D eigenvalue weighted by molar-refractivity contribution is 7.09. The summed E-state index contributed by atoms with van der Waals surface area (Å²) >= 11 is 1.67. The van der Waals surface area contributed by atoms with E-state index in [4.69, 9.17) is 0 Å². The van der Waals surface area contributed by atoms with E-state index in [0.29, 0.717) is 25.4 Å². The third kappa shape index (κ3) is 3.59. The molecule has 1 aliphatic rings. The maximum atomic E-state index is 11.8. The van der Waals surface area contributed by atoms with Crippen LogP contribution in [0.3, 0.4) is 0 Å². The van der Waals surface area contributed by atoms with E-state index >= 15 is 0 Å². The molecule has 0 spiro atoms. The number of carboxylic acid groups (broad SMARTS) is 1. The molecule has 1 saturated heterocycles. The van der Waals surface area contributed by atoms with E-state index < -0.39 is 11.5 Å². The molecule has 1 unspecified atom stereocenters. The van der Waals surface area contributed by atoms with Gasteiger partial charge in [0.05, 0.1) is 0 Å². The van der Waals surface area contributed by atoms with Gasteiger partial charge in [0.2, 0.25) is 0 Å². The smallest absolute Gasteiger partial charge is 0.323 e. The maximum absolute atomic E-state index is 11.8. The Hall–Kier alpha value is -0.910. The molecular formula is C15H24N2O2S. The van der Waals surface area contributed by atoms with E-state index in [0.717, 1.165) is 19.5 Å². The number of thiophene rings is 1. The molecule has 0 radical (unpaired) electrons. The monoisotopic (exact) mass is 296 g/mol. The first-order valence-electron chi connectivity index (χ1n) is 7.28. The van der Waals surface area contributed by atoms with Crippen LogP contribution in [0.1, 0.15) is 38.0 Å². The number of hydrogen-bond donors (Lipinski definition) is 2. The first kappa shape index (κ1) is 15.5. The van der Waals surface area contributed by atoms with Crippen LogP contribution in [0.4, 0.5) is 0 Å². The van der Waals surface area contributed by atoms with Gasteiger partial charge in [0, 0.05) is 24.0 Å². The number of nitrogens with one attached hydrogen (secondary N) is 1. The predicted octanol–water partition coefficient (Wildman–Crippen LogP) is 2.56. The summed E-state index contributed by atoms with van der Waals surface area (Å²) in [7, 11) is 0. The van der Waals surface area contributed by atoms with Crippen LogP contribution in [0.5, 0.6) is 0 Å². The zero-order valence-corrected chi connectivity index (χ0v) is 13.1. The van der Waals surface area contributed by atoms with Crippen LogP contribution in [0, 0.1) is 0 Å². The van der Waals surface area contributed by atoms with Crippen LogP contribution in [-0.4, -0.2) is 40.6 Å². The fourth-order valence-electron chi connectivity index (χ4n) is 2.81. The Morgan fingerprint density at radius 3 is 2.90 bits per heavy atom. The lowest BCUT2D eigenvalue weighted by Gasteiger charge is -2.30. The number of carboxylic acids is 1. The molecule has 0 bridgehead atoms. The highest BCUT2D eigenvalue weighted by Gasteiger charge is 2.39. The lowest BCUT2D eigenvalue weighted by atomic mass is 9.90. The van der Waals surface area contributed by atoms with Crippen molar-refractivity contribution in [1.82, 2.24) is 10.2 Å². The van der Waals surface area contributed by atoms with Gasteiger partial charge in [-0.05, 0) is 51.1 Å². The summed E-state index contributed by atoms with van der Waals surface area (Å²) in [6.45, 7) is 6.83. The molecule has 5 heteroatoms. The van der Waals surface area contributed by atoms with Gasteiger partial charge in [-0.15, -0.1) is 11.3 Å². The van der Waals surface area contributed by atoms with Gasteiger partial charge in [-0.1, -0.05) is 6.07 Å². The lowest BCUT2D eigenvalue weighted by molar-refractivity contribution is -0.145. The third-order valence-corrected chi connectivity index (χ3v) is 5.07. The molecule has 2 N–H and O–H groups in total. The molecule has 20 heavy (non-hydrogen) atoms. The average Bonchev–Trinajstić information content (AvgIpc) is 2.81. The second-order valence-electron chi connectivity index (χ2n) is 5.80. The Balaban J connectivity index is 2.03. The summed E-state index contributed by atoms with van der Waals surface area (Å²) in [6, 6.07) is 4.53. The first-order valence-corrected chi connectivity index (χ1v) is 8.16. The molecule has 2 rings (SSSR count). The molecule has 1 aromatic heterocycles. The van der Waals surface area contributed by atoms with Crippen molar-refractivity contribution in [2.45, 2.75) is 51.2 Å². The van der Waals surface area contributed by atoms with Crippen molar-refractivity contribution in [3.05, 3.63) is 22.4 Å². The molecule has 2 heterocycles. The van der Waals surface area contributed by atoms with Crippen molar-refractivity contribution in [1.29, 1.82) is 0 Å². The third-order valence-electron chi connectivity index (χ3n) is 4.20. The first-order chi connectivity index (χ1) is 9.53. The second kappa shape index (κ2) is 6.70. The second-order valence-corrected chi connectivity index (χ2v) is 6.84. The largest absolute Gasteiger partial charge is 0.480 e. The zero-order chi connectivity index (χ0) is 14.6. The summed E-state index contributed by atoms with van der Waals surface area (Å²) in [5, 5.41) is 15.0. The Morgan fingerprint density at radius 2 is 2.30 bits per heavy atom. The van der Waals surface area contributed by atoms with Crippen LogP contribution in [0.2, 0.25) is 0 Å². The molecule has 112 valence electrons. The molecular weight excluding hydrogens is 272 g/mol. The van der Waals surface area contributed by atoms with Gasteiger partial charge in [-0.25, -0.2) is 0 Å². The van der Waals surface area contributed by atoms with Crippen LogP contribution in [0.25, 0.3) is 0 Å². The summed E-state index contributed by atoms with van der Waals surface area (Å²) < 4.78 is 0. The Labute approximate surface area is 124 Å². The van der Waals surface area contributed by atoms with Gasteiger partial charge in [0.25, 0.3) is 0 Å². The molecule has 1 aromatic rings. The molecule has 0 amide bonds. The van der Waals surface area contributed by atoms with Crippen molar-refractivity contribution in [2.75, 3.05) is 13.1 Å². The van der Waals surface area contributed by atoms with Crippen LogP contribution >= 0.6 is 11.3 Å². The van der Waals surface area contributed by atoms with Crippen molar-refractivity contribution in [3.63, 3.8) is 0 Å². The number of rotatable bonds is 5. The standard InChI is InChI=1S/C15H24N2O2S/c1-12(2)17-8-4-6-15(7-9-17,14(18)19)16-11-13-5-3-10-20-13/h3,5,10,12,16H,4,6-9,11H2,1-2H3,(H,18,19). The highest BCUT2D eigenvalue weighted by Crippen LogP contribution is 2.25. The van der Waals surface area contributed by atoms with Gasteiger partial charge in [0.1, 0.15) is 5.54 Å². The fraction of sp³-hybridized carbons (Fsp3) is 0.667. The Morgan fingerprint density at radius 1 is 1.50 bits per heavy atom. The predicted molar refractivity (Wildman–Crippen MR) is 82.1 cm³/mol. The van der Waals surface area contributed by atoms with E-state index in [1.54, 1.807) is 11.3 Å². The van der Waals surface area contributed by atoms with E-state index in [1.807, 2.05) is 17.5 Å². The minimum absolute atomic E-state index is 0.483. The number of carbonyl (C=O) groups is 1. The molecule has 1 aliphatic heterocycles. The number of aliphatic carboxylic acids is 1. The van der Waals surface area contributed by atoms with Gasteiger partial charge >= 0.3 is 5.97 Å². The zero-order valence-electron chi connectivity index (χ0n) is 12.3. The van der Waals surface area contributed by atoms with E-state index in [2.05, 4.69) is 24.1 Å². The summed E-state index contributed by atoms with van der Waals surface area (Å²) in [6.07, 6.45) is 2.31. The quantitative estimate of drug-likeness (QED) is 0.877. The normalized spacial score (nSPS) is 24.8. The molecule has 1 atom stereocenters. The van der Waals surface area contributed by atoms with E-state index in [1.165, 1.54) is 4.88 Å². The highest BCUT2D eigenvalue weighted by atomic mass is 32.1. The average molecular weight is 296 g/mol. The maximum Gasteiger partial charge on any atom is 0.323 e. The van der Waals surface area contributed by atoms with Crippen LogP contribution in [-0.2, 0) is 11.3 Å². The van der Waals surface area contributed by atoms with Crippen LogP contribution in [0.15, 0.2) is 17.5 Å². The molecule has 0 saturated carbocycles. The number of hydrogen-bond acceptors (Lipinski definition) is 4. The Bertz CT molecular complexity index is 433. The van der Waals surface area contributed by atoms with Crippen molar-refractivity contribution >= 4 is 17.3 Å². The number of likely N-dealkylation sites (tertiary alicyclic amines) is 1. The topological polar surface area (TPSA) is 52.6 Å². The van der Waals surface area contributed by atoms with Gasteiger partial charge in [-0.2, -0.15) is 0 Å². The van der Waals surface area contributed by atoms with Gasteiger partial charge in [0.15, 0.2) is 0 Å². The minimum atomic E-state index is -0.770. The van der Waals surface area contributed by atoms with Crippen LogP contribution < -0.4 is 5.32 Å². The van der Waals surface area contributed by atoms with Gasteiger partial charge < -0.3 is 10.0 Å². The van der Waals surface area contributed by atoms with Crippen molar-refractivity contribution in [3.8, 4) is 0 Å². The lowest BCUT2D eigenvalue weighted by Crippen LogP contribution is -2.52. The minimum Gasteiger partial charge on any atom is -0.480 e. The van der Waals surface area contributed by atoms with Gasteiger partial charge in [-0.3, -0.25) is 10.1 Å². The number of nitrogens with zero attached hydrogens (tertiary/aromatic N) is 1. The summed E-state index contributed by atoms with van der Waals surface area (Å²) in [5.74, 6) is -0.709. The fourth-order valence-corrected chi connectivity index (χ4v) is 3.45.